The zero-order valence-electron chi connectivity index (χ0n) is 13.3. The number of aromatic amines is 1. The highest BCUT2D eigenvalue weighted by Gasteiger charge is 2.14. The second-order valence-corrected chi connectivity index (χ2v) is 6.01. The molecule has 2 aromatic heterocycles. The average molecular weight is 367 g/mol. The fraction of sp³-hybridized carbons (Fsp3) is 0. The molecule has 0 unspecified atom stereocenters. The summed E-state index contributed by atoms with van der Waals surface area (Å²) in [7, 11) is 0. The van der Waals surface area contributed by atoms with Crippen LogP contribution < -0.4 is 5.32 Å². The number of anilines is 1. The molecule has 0 saturated heterocycles. The van der Waals surface area contributed by atoms with Crippen LogP contribution in [0.4, 0.5) is 10.1 Å². The van der Waals surface area contributed by atoms with E-state index in [1.54, 1.807) is 24.4 Å². The Morgan fingerprint density at radius 2 is 1.96 bits per heavy atom. The van der Waals surface area contributed by atoms with Crippen LogP contribution in [0.1, 0.15) is 10.4 Å². The summed E-state index contributed by atoms with van der Waals surface area (Å²) in [6.07, 6.45) is 1.67. The Kier molecular flexibility index (Phi) is 4.10. The van der Waals surface area contributed by atoms with E-state index in [0.29, 0.717) is 16.9 Å². The van der Waals surface area contributed by atoms with Gasteiger partial charge in [-0.25, -0.2) is 9.37 Å². The van der Waals surface area contributed by atoms with Crippen molar-refractivity contribution in [3.05, 3.63) is 77.2 Å². The molecule has 0 bridgehead atoms. The quantitative estimate of drug-likeness (QED) is 0.553. The van der Waals surface area contributed by atoms with Crippen molar-refractivity contribution in [1.82, 2.24) is 15.2 Å². The number of amides is 1. The molecule has 2 heterocycles. The van der Waals surface area contributed by atoms with E-state index in [1.165, 1.54) is 18.2 Å². The van der Waals surface area contributed by atoms with Crippen LogP contribution in [-0.4, -0.2) is 21.1 Å². The summed E-state index contributed by atoms with van der Waals surface area (Å²) in [4.78, 5) is 16.7. The van der Waals surface area contributed by atoms with E-state index in [2.05, 4.69) is 20.5 Å². The molecule has 4 aromatic rings. The van der Waals surface area contributed by atoms with Gasteiger partial charge in [0.1, 0.15) is 11.5 Å². The number of para-hydroxylation sites is 1. The van der Waals surface area contributed by atoms with Crippen molar-refractivity contribution in [1.29, 1.82) is 0 Å². The van der Waals surface area contributed by atoms with Crippen molar-refractivity contribution in [2.24, 2.45) is 0 Å². The standard InChI is InChI=1S/C19H12ClFN4O/c20-14-7-2-8-15(21)17(14)23-19(26)12-5-1-4-11(10-12)16-13-6-3-9-22-18(13)25-24-16/h1-10H,(H,23,26)(H,22,24,25). The molecule has 2 N–H and O–H groups in total. The van der Waals surface area contributed by atoms with E-state index in [4.69, 9.17) is 11.6 Å². The third-order valence-corrected chi connectivity index (χ3v) is 4.25. The van der Waals surface area contributed by atoms with Crippen LogP contribution in [0.5, 0.6) is 0 Å². The van der Waals surface area contributed by atoms with E-state index in [1.807, 2.05) is 18.2 Å². The van der Waals surface area contributed by atoms with Crippen LogP contribution >= 0.6 is 11.6 Å². The molecule has 0 atom stereocenters. The fourth-order valence-electron chi connectivity index (χ4n) is 2.69. The Morgan fingerprint density at radius 3 is 2.81 bits per heavy atom. The predicted molar refractivity (Wildman–Crippen MR) is 98.7 cm³/mol. The molecule has 0 aliphatic rings. The Labute approximate surface area is 152 Å². The molecule has 0 fully saturated rings. The molecule has 0 spiro atoms. The summed E-state index contributed by atoms with van der Waals surface area (Å²) in [6, 6.07) is 14.9. The van der Waals surface area contributed by atoms with Crippen molar-refractivity contribution in [3.63, 3.8) is 0 Å². The number of pyridine rings is 1. The van der Waals surface area contributed by atoms with Crippen LogP contribution in [0.3, 0.4) is 0 Å². The third kappa shape index (κ3) is 2.91. The highest BCUT2D eigenvalue weighted by atomic mass is 35.5. The molecular formula is C19H12ClFN4O. The van der Waals surface area contributed by atoms with Crippen LogP contribution in [0, 0.1) is 5.82 Å². The van der Waals surface area contributed by atoms with Gasteiger partial charge in [0.05, 0.1) is 10.7 Å². The van der Waals surface area contributed by atoms with Crippen LogP contribution in [-0.2, 0) is 0 Å². The average Bonchev–Trinajstić information content (AvgIpc) is 3.09. The number of carbonyl (C=O) groups excluding carboxylic acids is 1. The van der Waals surface area contributed by atoms with Gasteiger partial charge in [0, 0.05) is 22.7 Å². The first kappa shape index (κ1) is 16.2. The summed E-state index contributed by atoms with van der Waals surface area (Å²) >= 11 is 5.96. The van der Waals surface area contributed by atoms with Crippen LogP contribution in [0.25, 0.3) is 22.3 Å². The molecule has 26 heavy (non-hydrogen) atoms. The topological polar surface area (TPSA) is 70.7 Å². The number of rotatable bonds is 3. The predicted octanol–water partition coefficient (Wildman–Crippen LogP) is 4.67. The molecule has 0 saturated carbocycles. The minimum absolute atomic E-state index is 0.0426. The van der Waals surface area contributed by atoms with Gasteiger partial charge in [-0.1, -0.05) is 29.8 Å². The summed E-state index contributed by atoms with van der Waals surface area (Å²) in [5.74, 6) is -1.05. The monoisotopic (exact) mass is 366 g/mol. The SMILES string of the molecule is O=C(Nc1c(F)cccc1Cl)c1cccc(-c2n[nH]c3ncccc23)c1. The zero-order chi connectivity index (χ0) is 18.1. The molecule has 5 nitrogen and oxygen atoms in total. The summed E-state index contributed by atoms with van der Waals surface area (Å²) < 4.78 is 13.9. The molecule has 1 amide bonds. The van der Waals surface area contributed by atoms with Gasteiger partial charge < -0.3 is 5.32 Å². The lowest BCUT2D eigenvalue weighted by Gasteiger charge is -2.09. The minimum atomic E-state index is -0.591. The molecule has 0 aliphatic heterocycles. The number of carbonyl (C=O) groups is 1. The lowest BCUT2D eigenvalue weighted by molar-refractivity contribution is 0.102. The van der Waals surface area contributed by atoms with E-state index >= 15 is 0 Å². The highest BCUT2D eigenvalue weighted by Crippen LogP contribution is 2.27. The van der Waals surface area contributed by atoms with Gasteiger partial charge in [-0.2, -0.15) is 5.10 Å². The van der Waals surface area contributed by atoms with E-state index in [-0.39, 0.29) is 10.7 Å². The molecule has 0 radical (unpaired) electrons. The maximum atomic E-state index is 13.9. The Morgan fingerprint density at radius 1 is 1.12 bits per heavy atom. The van der Waals surface area contributed by atoms with E-state index in [0.717, 1.165) is 10.9 Å². The Hall–Kier alpha value is -3.25. The second-order valence-electron chi connectivity index (χ2n) is 5.60. The van der Waals surface area contributed by atoms with Gasteiger partial charge in [-0.15, -0.1) is 0 Å². The number of aromatic nitrogens is 3. The minimum Gasteiger partial charge on any atom is -0.318 e. The van der Waals surface area contributed by atoms with Gasteiger partial charge in [0.15, 0.2) is 5.65 Å². The van der Waals surface area contributed by atoms with Crippen molar-refractivity contribution >= 4 is 34.2 Å². The Balaban J connectivity index is 1.69. The second kappa shape index (κ2) is 6.57. The molecule has 2 aromatic carbocycles. The van der Waals surface area contributed by atoms with Crippen molar-refractivity contribution in [2.75, 3.05) is 5.32 Å². The lowest BCUT2D eigenvalue weighted by atomic mass is 10.1. The number of nitrogens with zero attached hydrogens (tertiary/aromatic N) is 2. The smallest absolute Gasteiger partial charge is 0.255 e. The number of hydrogen-bond donors (Lipinski definition) is 2. The van der Waals surface area contributed by atoms with Gasteiger partial charge in [0.2, 0.25) is 0 Å². The number of fused-ring (bicyclic) bond motifs is 1. The first-order valence-corrected chi connectivity index (χ1v) is 8.16. The van der Waals surface area contributed by atoms with Crippen molar-refractivity contribution in [3.8, 4) is 11.3 Å². The molecule has 7 heteroatoms. The third-order valence-electron chi connectivity index (χ3n) is 3.94. The molecule has 0 aliphatic carbocycles. The fourth-order valence-corrected chi connectivity index (χ4v) is 2.90. The van der Waals surface area contributed by atoms with Gasteiger partial charge >= 0.3 is 0 Å². The van der Waals surface area contributed by atoms with Gasteiger partial charge in [-0.3, -0.25) is 9.89 Å². The van der Waals surface area contributed by atoms with E-state index in [9.17, 15) is 9.18 Å². The maximum absolute atomic E-state index is 13.9. The first-order valence-electron chi connectivity index (χ1n) is 7.78. The maximum Gasteiger partial charge on any atom is 0.255 e. The summed E-state index contributed by atoms with van der Waals surface area (Å²) in [6.45, 7) is 0. The number of nitrogens with one attached hydrogen (secondary N) is 2. The Bertz CT molecular complexity index is 1110. The number of H-pyrrole nitrogens is 1. The number of hydrogen-bond acceptors (Lipinski definition) is 3. The van der Waals surface area contributed by atoms with Gasteiger partial charge in [0.25, 0.3) is 5.91 Å². The van der Waals surface area contributed by atoms with Crippen LogP contribution in [0.2, 0.25) is 5.02 Å². The van der Waals surface area contributed by atoms with Crippen LogP contribution in [0.15, 0.2) is 60.8 Å². The molecule has 4 rings (SSSR count). The first-order chi connectivity index (χ1) is 12.6. The molecular weight excluding hydrogens is 355 g/mol. The van der Waals surface area contributed by atoms with Crippen molar-refractivity contribution in [2.45, 2.75) is 0 Å². The lowest BCUT2D eigenvalue weighted by Crippen LogP contribution is -2.13. The summed E-state index contributed by atoms with van der Waals surface area (Å²) in [5, 5.41) is 10.6. The largest absolute Gasteiger partial charge is 0.318 e. The summed E-state index contributed by atoms with van der Waals surface area (Å²) in [5.41, 5.74) is 2.42. The molecule has 128 valence electrons. The highest BCUT2D eigenvalue weighted by molar-refractivity contribution is 6.34. The number of benzene rings is 2. The van der Waals surface area contributed by atoms with Crippen molar-refractivity contribution < 1.29 is 9.18 Å². The zero-order valence-corrected chi connectivity index (χ0v) is 14.1. The number of halogens is 2. The van der Waals surface area contributed by atoms with Gasteiger partial charge in [-0.05, 0) is 36.4 Å². The normalized spacial score (nSPS) is 10.8. The van der Waals surface area contributed by atoms with E-state index < -0.39 is 11.7 Å².